The van der Waals surface area contributed by atoms with Gasteiger partial charge in [0.15, 0.2) is 0 Å². The number of nitrogens with two attached hydrogens (primary N) is 1. The zero-order valence-electron chi connectivity index (χ0n) is 11.8. The number of hydrogen-bond acceptors (Lipinski definition) is 4. The molecule has 1 heterocycles. The molecule has 0 bridgehead atoms. The minimum atomic E-state index is -0.391. The topological polar surface area (TPSA) is 73.6 Å². The zero-order chi connectivity index (χ0) is 14.5. The largest absolute Gasteiger partial charge is 0.495 e. The second kappa shape index (κ2) is 8.44. The zero-order valence-corrected chi connectivity index (χ0v) is 13.4. The first-order valence-electron chi connectivity index (χ1n) is 6.59. The summed E-state index contributed by atoms with van der Waals surface area (Å²) < 4.78 is 10.6. The molecule has 1 aromatic rings. The van der Waals surface area contributed by atoms with Crippen molar-refractivity contribution in [3.63, 3.8) is 0 Å². The highest BCUT2D eigenvalue weighted by Gasteiger charge is 2.29. The molecule has 0 saturated carbocycles. The third-order valence-electron chi connectivity index (χ3n) is 3.35. The highest BCUT2D eigenvalue weighted by atomic mass is 35.5. The van der Waals surface area contributed by atoms with Crippen LogP contribution in [0.3, 0.4) is 0 Å². The maximum absolute atomic E-state index is 12.0. The molecule has 0 aliphatic carbocycles. The molecule has 2 atom stereocenters. The fourth-order valence-electron chi connectivity index (χ4n) is 2.19. The normalized spacial score (nSPS) is 20.7. The maximum Gasteiger partial charge on any atom is 0.249 e. The summed E-state index contributed by atoms with van der Waals surface area (Å²) in [6.07, 6.45) is 1.17. The van der Waals surface area contributed by atoms with Crippen molar-refractivity contribution < 1.29 is 14.3 Å². The average Bonchev–Trinajstić information content (AvgIpc) is 2.94. The van der Waals surface area contributed by atoms with E-state index in [1.807, 2.05) is 6.07 Å². The van der Waals surface area contributed by atoms with Crippen molar-refractivity contribution in [3.8, 4) is 5.75 Å². The van der Waals surface area contributed by atoms with Crippen molar-refractivity contribution in [2.24, 2.45) is 5.73 Å². The molecule has 0 unspecified atom stereocenters. The standard InChI is InChI=1S/C14H19ClN2O3.ClH/c1-19-12-4-2-9(6-11(12)15)8-17-14(18)13-5-3-10(7-16)20-13;/h2,4,6,10,13H,3,5,7-8,16H2,1H3,(H,17,18);1H/t10-,13+;/m1./s1. The Labute approximate surface area is 135 Å². The van der Waals surface area contributed by atoms with Gasteiger partial charge in [-0.2, -0.15) is 0 Å². The lowest BCUT2D eigenvalue weighted by molar-refractivity contribution is -0.132. The number of methoxy groups -OCH3 is 1. The van der Waals surface area contributed by atoms with E-state index in [1.165, 1.54) is 0 Å². The number of amides is 1. The molecule has 21 heavy (non-hydrogen) atoms. The van der Waals surface area contributed by atoms with Gasteiger partial charge in [0.05, 0.1) is 18.2 Å². The lowest BCUT2D eigenvalue weighted by Gasteiger charge is -2.13. The Morgan fingerprint density at radius 3 is 2.86 bits per heavy atom. The van der Waals surface area contributed by atoms with Gasteiger partial charge in [0, 0.05) is 13.1 Å². The summed E-state index contributed by atoms with van der Waals surface area (Å²) in [6, 6.07) is 5.42. The Bertz CT molecular complexity index is 485. The van der Waals surface area contributed by atoms with E-state index in [-0.39, 0.29) is 24.4 Å². The number of hydrogen-bond donors (Lipinski definition) is 2. The fourth-order valence-corrected chi connectivity index (χ4v) is 2.48. The number of carbonyl (C=O) groups is 1. The van der Waals surface area contributed by atoms with Gasteiger partial charge in [-0.15, -0.1) is 12.4 Å². The van der Waals surface area contributed by atoms with Crippen molar-refractivity contribution in [1.82, 2.24) is 5.32 Å². The van der Waals surface area contributed by atoms with Crippen LogP contribution >= 0.6 is 24.0 Å². The number of carbonyl (C=O) groups excluding carboxylic acids is 1. The minimum absolute atomic E-state index is 0. The van der Waals surface area contributed by atoms with E-state index in [1.54, 1.807) is 19.2 Å². The molecule has 1 fully saturated rings. The van der Waals surface area contributed by atoms with Gasteiger partial charge in [0.25, 0.3) is 0 Å². The van der Waals surface area contributed by atoms with Crippen molar-refractivity contribution in [1.29, 1.82) is 0 Å². The number of halogens is 2. The predicted octanol–water partition coefficient (Wildman–Crippen LogP) is 1.89. The van der Waals surface area contributed by atoms with E-state index in [0.29, 0.717) is 23.9 Å². The number of rotatable bonds is 5. The molecule has 3 N–H and O–H groups in total. The fraction of sp³-hybridized carbons (Fsp3) is 0.500. The number of nitrogens with one attached hydrogen (secondary N) is 1. The Balaban J connectivity index is 0.00000220. The molecular weight excluding hydrogens is 315 g/mol. The van der Waals surface area contributed by atoms with Crippen molar-refractivity contribution in [2.75, 3.05) is 13.7 Å². The van der Waals surface area contributed by atoms with Crippen LogP contribution in [0.4, 0.5) is 0 Å². The first-order chi connectivity index (χ1) is 9.63. The number of ether oxygens (including phenoxy) is 2. The van der Waals surface area contributed by atoms with E-state index in [4.69, 9.17) is 26.8 Å². The van der Waals surface area contributed by atoms with E-state index in [9.17, 15) is 4.79 Å². The van der Waals surface area contributed by atoms with Crippen LogP contribution in [0.1, 0.15) is 18.4 Å². The Morgan fingerprint density at radius 2 is 2.29 bits per heavy atom. The summed E-state index contributed by atoms with van der Waals surface area (Å²) in [5.41, 5.74) is 6.44. The minimum Gasteiger partial charge on any atom is -0.495 e. The van der Waals surface area contributed by atoms with Gasteiger partial charge in [-0.25, -0.2) is 0 Å². The molecule has 7 heteroatoms. The molecular formula is C14H20Cl2N2O3. The Hall–Kier alpha value is -1.01. The van der Waals surface area contributed by atoms with Crippen LogP contribution in [0.2, 0.25) is 5.02 Å². The van der Waals surface area contributed by atoms with Crippen LogP contribution in [0.5, 0.6) is 5.75 Å². The summed E-state index contributed by atoms with van der Waals surface area (Å²) in [7, 11) is 1.56. The second-order valence-electron chi connectivity index (χ2n) is 4.75. The lowest BCUT2D eigenvalue weighted by Crippen LogP contribution is -2.35. The second-order valence-corrected chi connectivity index (χ2v) is 5.15. The molecule has 0 aromatic heterocycles. The van der Waals surface area contributed by atoms with Crippen LogP contribution in [-0.2, 0) is 16.1 Å². The van der Waals surface area contributed by atoms with E-state index in [0.717, 1.165) is 18.4 Å². The molecule has 1 aliphatic rings. The van der Waals surface area contributed by atoms with Crippen LogP contribution in [-0.4, -0.2) is 31.8 Å². The molecule has 1 amide bonds. The van der Waals surface area contributed by atoms with Gasteiger partial charge in [0.2, 0.25) is 5.91 Å². The SMILES string of the molecule is COc1ccc(CNC(=O)[C@@H]2CC[C@H](CN)O2)cc1Cl.Cl. The van der Waals surface area contributed by atoms with Crippen molar-refractivity contribution in [2.45, 2.75) is 31.6 Å². The summed E-state index contributed by atoms with van der Waals surface area (Å²) in [4.78, 5) is 12.0. The van der Waals surface area contributed by atoms with E-state index in [2.05, 4.69) is 5.32 Å². The third kappa shape index (κ3) is 4.74. The summed E-state index contributed by atoms with van der Waals surface area (Å²) in [5, 5.41) is 3.37. The van der Waals surface area contributed by atoms with Crippen molar-refractivity contribution >= 4 is 29.9 Å². The molecule has 1 aliphatic heterocycles. The van der Waals surface area contributed by atoms with Crippen LogP contribution in [0, 0.1) is 0 Å². The lowest BCUT2D eigenvalue weighted by atomic mass is 10.1. The molecule has 1 saturated heterocycles. The van der Waals surface area contributed by atoms with E-state index < -0.39 is 6.10 Å². The van der Waals surface area contributed by atoms with Crippen molar-refractivity contribution in [3.05, 3.63) is 28.8 Å². The summed E-state index contributed by atoms with van der Waals surface area (Å²) in [6.45, 7) is 0.869. The first-order valence-corrected chi connectivity index (χ1v) is 6.97. The predicted molar refractivity (Wildman–Crippen MR) is 84.0 cm³/mol. The van der Waals surface area contributed by atoms with Gasteiger partial charge < -0.3 is 20.5 Å². The summed E-state index contributed by atoms with van der Waals surface area (Å²) in [5.74, 6) is 0.513. The first kappa shape index (κ1) is 18.0. The highest BCUT2D eigenvalue weighted by molar-refractivity contribution is 6.32. The quantitative estimate of drug-likeness (QED) is 0.862. The molecule has 5 nitrogen and oxygen atoms in total. The third-order valence-corrected chi connectivity index (χ3v) is 3.64. The average molecular weight is 335 g/mol. The Morgan fingerprint density at radius 1 is 1.52 bits per heavy atom. The number of benzene rings is 1. The maximum atomic E-state index is 12.0. The van der Waals surface area contributed by atoms with Crippen LogP contribution in [0.25, 0.3) is 0 Å². The van der Waals surface area contributed by atoms with Gasteiger partial charge in [-0.05, 0) is 30.5 Å². The van der Waals surface area contributed by atoms with Gasteiger partial charge in [-0.1, -0.05) is 17.7 Å². The molecule has 118 valence electrons. The molecule has 0 spiro atoms. The molecule has 2 rings (SSSR count). The summed E-state index contributed by atoms with van der Waals surface area (Å²) >= 11 is 6.03. The highest BCUT2D eigenvalue weighted by Crippen LogP contribution is 2.25. The molecule has 1 aromatic carbocycles. The Kier molecular flexibility index (Phi) is 7.25. The smallest absolute Gasteiger partial charge is 0.249 e. The van der Waals surface area contributed by atoms with E-state index >= 15 is 0 Å². The molecule has 0 radical (unpaired) electrons. The van der Waals surface area contributed by atoms with Gasteiger partial charge in [0.1, 0.15) is 11.9 Å². The van der Waals surface area contributed by atoms with Crippen LogP contribution in [0.15, 0.2) is 18.2 Å². The van der Waals surface area contributed by atoms with Gasteiger partial charge in [-0.3, -0.25) is 4.79 Å². The van der Waals surface area contributed by atoms with Gasteiger partial charge >= 0.3 is 0 Å². The monoisotopic (exact) mass is 334 g/mol. The van der Waals surface area contributed by atoms with Crippen LogP contribution < -0.4 is 15.8 Å².